The Balaban J connectivity index is 0.768. The molecule has 19 aromatic rings. The number of nitrogens with zero attached hydrogens (tertiary/aromatic N) is 4. The van der Waals surface area contributed by atoms with Gasteiger partial charge in [0.15, 0.2) is 0 Å². The van der Waals surface area contributed by atoms with E-state index in [9.17, 15) is 0 Å². The van der Waals surface area contributed by atoms with E-state index in [1.54, 1.807) is 0 Å². The third kappa shape index (κ3) is 12.9. The maximum Gasteiger partial charge on any atom is 0.0618 e. The smallest absolute Gasteiger partial charge is 0.0618 e. The van der Waals surface area contributed by atoms with Crippen LogP contribution in [-0.2, 0) is 6.42 Å². The summed E-state index contributed by atoms with van der Waals surface area (Å²) in [6, 6.07) is 157. The molecular weight excluding hydrogens is 1330 g/mol. The molecule has 0 amide bonds. The van der Waals surface area contributed by atoms with Gasteiger partial charge in [-0.1, -0.05) is 322 Å². The van der Waals surface area contributed by atoms with Gasteiger partial charge in [0.05, 0.1) is 27.8 Å². The number of fused-ring (bicyclic) bond motifs is 6. The van der Waals surface area contributed by atoms with Gasteiger partial charge in [0.2, 0.25) is 0 Å². The van der Waals surface area contributed by atoms with Crippen molar-refractivity contribution in [3.05, 3.63) is 430 Å². The number of hydrogen-bond acceptors (Lipinski definition) is 2. The quantitative estimate of drug-likeness (QED) is 0.0707. The molecule has 110 heavy (non-hydrogen) atoms. The molecule has 0 aliphatic heterocycles. The maximum atomic E-state index is 2.58. The van der Waals surface area contributed by atoms with Crippen LogP contribution in [0, 0.1) is 0 Å². The summed E-state index contributed by atoms with van der Waals surface area (Å²) in [5, 5.41) is 4.91. The molecule has 0 saturated heterocycles. The average Bonchev–Trinajstić information content (AvgIpc) is 1.49. The molecule has 0 radical (unpaired) electrons. The molecule has 0 aliphatic rings. The summed E-state index contributed by atoms with van der Waals surface area (Å²) < 4.78 is 4.89. The van der Waals surface area contributed by atoms with Gasteiger partial charge in [0.1, 0.15) is 0 Å². The Kier molecular flexibility index (Phi) is 18.0. The minimum absolute atomic E-state index is 0.740. The first-order valence-electron chi connectivity index (χ1n) is 38.3. The van der Waals surface area contributed by atoms with Crippen molar-refractivity contribution >= 4 is 72.0 Å². The van der Waals surface area contributed by atoms with Gasteiger partial charge in [-0.3, -0.25) is 0 Å². The van der Waals surface area contributed by atoms with Gasteiger partial charge in [-0.25, -0.2) is 0 Å². The standard InChI is InChI=1S/C106H78N4/c1-5-32-75(33-6-1)79-40-23-42-81(68-79)83-44-25-46-85(70-83)94-60-30-59-93(77-36-9-3-10-37-77)97(94)54-21-22-67-107(88-49-28-52-91(73-88)109-102-63-17-13-55-98(102)99-56-14-18-64-103(99)109)87-48-27-50-89(72-87)108(90-51-29-53-92(74-90)110-104-65-19-15-57-100(104)101-58-16-20-66-105(101)110)106-95(78-38-11-4-12-39-78)61-31-62-96(106)86-47-26-45-84(71-86)82-43-24-41-80(69-82)76-34-7-2-8-35-76/h1-20,23-53,55-66,68-74H,21-22,54,67H2. The van der Waals surface area contributed by atoms with Gasteiger partial charge in [0, 0.05) is 73.3 Å². The molecule has 0 spiro atoms. The number of unbranched alkanes of at least 4 members (excludes halogenated alkanes) is 1. The van der Waals surface area contributed by atoms with E-state index in [0.29, 0.717) is 0 Å². The molecule has 0 N–H and O–H groups in total. The molecule has 4 nitrogen and oxygen atoms in total. The number of rotatable bonds is 20. The lowest BCUT2D eigenvalue weighted by molar-refractivity contribution is 0.733. The second-order valence-corrected chi connectivity index (χ2v) is 28.6. The van der Waals surface area contributed by atoms with Crippen LogP contribution in [0.25, 0.3) is 144 Å². The van der Waals surface area contributed by atoms with E-state index < -0.39 is 0 Å². The summed E-state index contributed by atoms with van der Waals surface area (Å²) in [7, 11) is 0. The Morgan fingerprint density at radius 2 is 0.491 bits per heavy atom. The average molecular weight is 1410 g/mol. The topological polar surface area (TPSA) is 16.3 Å². The fraction of sp³-hybridized carbons (Fsp3) is 0.0377. The highest BCUT2D eigenvalue weighted by Gasteiger charge is 2.26. The fourth-order valence-corrected chi connectivity index (χ4v) is 16.8. The summed E-state index contributed by atoms with van der Waals surface area (Å²) in [5.41, 5.74) is 32.4. The molecule has 4 heteroatoms. The lowest BCUT2D eigenvalue weighted by atomic mass is 9.88. The molecule has 0 fully saturated rings. The highest BCUT2D eigenvalue weighted by molar-refractivity contribution is 6.11. The van der Waals surface area contributed by atoms with E-state index in [1.165, 1.54) is 93.8 Å². The van der Waals surface area contributed by atoms with E-state index in [0.717, 1.165) is 110 Å². The van der Waals surface area contributed by atoms with Crippen molar-refractivity contribution in [1.82, 2.24) is 9.13 Å². The predicted octanol–water partition coefficient (Wildman–Crippen LogP) is 28.8. The van der Waals surface area contributed by atoms with E-state index in [2.05, 4.69) is 444 Å². The zero-order valence-corrected chi connectivity index (χ0v) is 61.0. The SMILES string of the molecule is c1ccc(-c2cccc(-c3cccc(-c4cccc(-c5ccccc5)c4CCCCN(c4cccc(N(c5cccc(-n6c7ccccc7c7ccccc76)c5)c5c(-c6ccccc6)cccc5-c5cccc(-c6cccc(-c7ccccc7)c6)c5)c4)c4cccc(-n5c6ccccc6c6ccccc65)c4)c3)c2)cc1. The first kappa shape index (κ1) is 66.6. The molecular formula is C106H78N4. The van der Waals surface area contributed by atoms with Crippen LogP contribution in [0.4, 0.5) is 28.4 Å². The van der Waals surface area contributed by atoms with Gasteiger partial charge in [-0.15, -0.1) is 0 Å². The second-order valence-electron chi connectivity index (χ2n) is 28.6. The van der Waals surface area contributed by atoms with E-state index in [4.69, 9.17) is 0 Å². The Hall–Kier alpha value is -14.1. The third-order valence-corrected chi connectivity index (χ3v) is 21.9. The zero-order valence-electron chi connectivity index (χ0n) is 61.0. The number of benzene rings is 17. The Labute approximate surface area is 643 Å². The van der Waals surface area contributed by atoms with Crippen LogP contribution >= 0.6 is 0 Å². The van der Waals surface area contributed by atoms with Crippen LogP contribution in [0.2, 0.25) is 0 Å². The molecule has 19 rings (SSSR count). The monoisotopic (exact) mass is 1410 g/mol. The Morgan fingerprint density at radius 3 is 0.955 bits per heavy atom. The molecule has 0 aliphatic carbocycles. The van der Waals surface area contributed by atoms with Crippen molar-refractivity contribution in [3.8, 4) is 100 Å². The molecule has 2 aromatic heterocycles. The summed E-state index contributed by atoms with van der Waals surface area (Å²) in [4.78, 5) is 5.13. The molecule has 0 unspecified atom stereocenters. The van der Waals surface area contributed by atoms with Crippen molar-refractivity contribution in [2.24, 2.45) is 0 Å². The van der Waals surface area contributed by atoms with Crippen molar-refractivity contribution in [1.29, 1.82) is 0 Å². The number of aromatic nitrogens is 2. The van der Waals surface area contributed by atoms with Crippen LogP contribution in [-0.4, -0.2) is 15.7 Å². The van der Waals surface area contributed by atoms with Crippen molar-refractivity contribution in [2.75, 3.05) is 16.3 Å². The molecule has 522 valence electrons. The van der Waals surface area contributed by atoms with Crippen molar-refractivity contribution in [2.45, 2.75) is 19.3 Å². The van der Waals surface area contributed by atoms with Gasteiger partial charge in [-0.2, -0.15) is 0 Å². The van der Waals surface area contributed by atoms with E-state index in [1.807, 2.05) is 0 Å². The van der Waals surface area contributed by atoms with Crippen LogP contribution in [0.1, 0.15) is 18.4 Å². The lowest BCUT2D eigenvalue weighted by Gasteiger charge is -2.32. The largest absolute Gasteiger partial charge is 0.341 e. The highest BCUT2D eigenvalue weighted by atomic mass is 15.2. The van der Waals surface area contributed by atoms with Gasteiger partial charge in [0.25, 0.3) is 0 Å². The Bertz CT molecular complexity index is 6440. The molecule has 0 saturated carbocycles. The van der Waals surface area contributed by atoms with Crippen molar-refractivity contribution < 1.29 is 0 Å². The lowest BCUT2D eigenvalue weighted by Crippen LogP contribution is -2.20. The molecule has 2 heterocycles. The minimum Gasteiger partial charge on any atom is -0.341 e. The minimum atomic E-state index is 0.740. The van der Waals surface area contributed by atoms with Crippen LogP contribution in [0.5, 0.6) is 0 Å². The van der Waals surface area contributed by atoms with Gasteiger partial charge in [-0.05, 0) is 206 Å². The first-order chi connectivity index (χ1) is 54.6. The molecule has 17 aromatic carbocycles. The van der Waals surface area contributed by atoms with Gasteiger partial charge >= 0.3 is 0 Å². The summed E-state index contributed by atoms with van der Waals surface area (Å²) in [6.07, 6.45) is 2.70. The van der Waals surface area contributed by atoms with Crippen LogP contribution < -0.4 is 9.80 Å². The summed E-state index contributed by atoms with van der Waals surface area (Å²) >= 11 is 0. The highest BCUT2D eigenvalue weighted by Crippen LogP contribution is 2.50. The number of para-hydroxylation sites is 5. The number of hydrogen-bond donors (Lipinski definition) is 0. The molecule has 0 bridgehead atoms. The maximum absolute atomic E-state index is 2.58. The number of anilines is 5. The first-order valence-corrected chi connectivity index (χ1v) is 38.3. The normalized spacial score (nSPS) is 11.4. The fourth-order valence-electron chi connectivity index (χ4n) is 16.8. The predicted molar refractivity (Wildman–Crippen MR) is 466 cm³/mol. The summed E-state index contributed by atoms with van der Waals surface area (Å²) in [6.45, 7) is 0.740. The van der Waals surface area contributed by atoms with E-state index in [-0.39, 0.29) is 0 Å². The van der Waals surface area contributed by atoms with Crippen LogP contribution in [0.15, 0.2) is 425 Å². The Morgan fingerprint density at radius 1 is 0.200 bits per heavy atom. The molecule has 0 atom stereocenters. The second kappa shape index (κ2) is 29.7. The zero-order chi connectivity index (χ0) is 73.1. The van der Waals surface area contributed by atoms with Crippen LogP contribution in [0.3, 0.4) is 0 Å². The third-order valence-electron chi connectivity index (χ3n) is 21.9. The van der Waals surface area contributed by atoms with Gasteiger partial charge < -0.3 is 18.9 Å². The van der Waals surface area contributed by atoms with E-state index >= 15 is 0 Å². The summed E-state index contributed by atoms with van der Waals surface area (Å²) in [5.74, 6) is 0. The van der Waals surface area contributed by atoms with Crippen molar-refractivity contribution in [3.63, 3.8) is 0 Å².